The van der Waals surface area contributed by atoms with E-state index < -0.39 is 0 Å². The molecule has 1 aromatic heterocycles. The average Bonchev–Trinajstić information content (AvgIpc) is 2.82. The van der Waals surface area contributed by atoms with E-state index in [0.717, 1.165) is 41.3 Å². The van der Waals surface area contributed by atoms with Crippen molar-refractivity contribution in [2.45, 2.75) is 33.2 Å². The van der Waals surface area contributed by atoms with Gasteiger partial charge in [0.1, 0.15) is 22.8 Å². The highest BCUT2D eigenvalue weighted by Gasteiger charge is 2.21. The lowest BCUT2D eigenvalue weighted by Crippen LogP contribution is -2.12. The van der Waals surface area contributed by atoms with Gasteiger partial charge in [-0.25, -0.2) is 0 Å². The Morgan fingerprint density at radius 3 is 2.50 bits per heavy atom. The van der Waals surface area contributed by atoms with Crippen LogP contribution in [0.5, 0.6) is 11.5 Å². The van der Waals surface area contributed by atoms with E-state index in [1.54, 1.807) is 14.2 Å². The number of fused-ring (bicyclic) bond motifs is 1. The Balaban J connectivity index is 2.66. The van der Waals surface area contributed by atoms with Crippen LogP contribution in [0.15, 0.2) is 16.5 Å². The molecular weight excluding hydrogens is 254 g/mol. The van der Waals surface area contributed by atoms with Gasteiger partial charge in [0.15, 0.2) is 0 Å². The summed E-state index contributed by atoms with van der Waals surface area (Å²) in [5, 5.41) is 4.37. The van der Waals surface area contributed by atoms with Crippen molar-refractivity contribution in [3.05, 3.63) is 23.5 Å². The van der Waals surface area contributed by atoms with E-state index >= 15 is 0 Å². The van der Waals surface area contributed by atoms with Gasteiger partial charge in [-0.3, -0.25) is 0 Å². The Morgan fingerprint density at radius 1 is 1.20 bits per heavy atom. The predicted molar refractivity (Wildman–Crippen MR) is 80.8 cm³/mol. The average molecular weight is 277 g/mol. The molecule has 0 saturated carbocycles. The quantitative estimate of drug-likeness (QED) is 0.874. The smallest absolute Gasteiger partial charge is 0.142 e. The summed E-state index contributed by atoms with van der Waals surface area (Å²) in [4.78, 5) is 0. The molecule has 1 aromatic carbocycles. The first kappa shape index (κ1) is 14.7. The molecule has 0 amide bonds. The zero-order valence-electron chi connectivity index (χ0n) is 12.9. The first-order chi connectivity index (χ1) is 9.62. The van der Waals surface area contributed by atoms with E-state index in [4.69, 9.17) is 13.9 Å². The topological polar surface area (TPSA) is 43.6 Å². The molecule has 0 fully saturated rings. The second kappa shape index (κ2) is 6.18. The van der Waals surface area contributed by atoms with Crippen molar-refractivity contribution >= 4 is 11.0 Å². The van der Waals surface area contributed by atoms with Gasteiger partial charge < -0.3 is 19.2 Å². The lowest BCUT2D eigenvalue weighted by Gasteiger charge is -2.10. The van der Waals surface area contributed by atoms with Crippen LogP contribution in [0, 0.1) is 0 Å². The second-order valence-corrected chi connectivity index (χ2v) is 5.08. The SMILES string of the molecule is CCNCc1oc2cc(OC)cc(OC)c2c1C(C)C. The molecule has 2 rings (SSSR count). The normalized spacial score (nSPS) is 11.3. The van der Waals surface area contributed by atoms with Gasteiger partial charge in [-0.1, -0.05) is 20.8 Å². The molecular formula is C16H23NO3. The van der Waals surface area contributed by atoms with Crippen molar-refractivity contribution in [1.29, 1.82) is 0 Å². The molecule has 20 heavy (non-hydrogen) atoms. The van der Waals surface area contributed by atoms with Crippen LogP contribution in [-0.2, 0) is 6.54 Å². The fraction of sp³-hybridized carbons (Fsp3) is 0.500. The van der Waals surface area contributed by atoms with E-state index in [1.807, 2.05) is 12.1 Å². The summed E-state index contributed by atoms with van der Waals surface area (Å²) in [6.07, 6.45) is 0. The molecule has 0 aliphatic carbocycles. The monoisotopic (exact) mass is 277 g/mol. The molecule has 2 aromatic rings. The van der Waals surface area contributed by atoms with Crippen molar-refractivity contribution in [3.8, 4) is 11.5 Å². The van der Waals surface area contributed by atoms with Crippen LogP contribution in [-0.4, -0.2) is 20.8 Å². The summed E-state index contributed by atoms with van der Waals surface area (Å²) in [5.41, 5.74) is 2.03. The summed E-state index contributed by atoms with van der Waals surface area (Å²) in [7, 11) is 3.32. The van der Waals surface area contributed by atoms with Crippen LogP contribution < -0.4 is 14.8 Å². The highest BCUT2D eigenvalue weighted by Crippen LogP contribution is 2.40. The fourth-order valence-electron chi connectivity index (χ4n) is 2.50. The highest BCUT2D eigenvalue weighted by atomic mass is 16.5. The third-order valence-electron chi connectivity index (χ3n) is 3.41. The summed E-state index contributed by atoms with van der Waals surface area (Å²) < 4.78 is 16.8. The molecule has 1 N–H and O–H groups in total. The Hall–Kier alpha value is -1.68. The molecule has 0 atom stereocenters. The molecule has 0 unspecified atom stereocenters. The largest absolute Gasteiger partial charge is 0.496 e. The van der Waals surface area contributed by atoms with Crippen molar-refractivity contribution in [2.24, 2.45) is 0 Å². The Kier molecular flexibility index (Phi) is 4.55. The van der Waals surface area contributed by atoms with Gasteiger partial charge in [0, 0.05) is 17.7 Å². The van der Waals surface area contributed by atoms with Crippen LogP contribution in [0.4, 0.5) is 0 Å². The van der Waals surface area contributed by atoms with Crippen molar-refractivity contribution < 1.29 is 13.9 Å². The maximum Gasteiger partial charge on any atom is 0.142 e. The number of methoxy groups -OCH3 is 2. The fourth-order valence-corrected chi connectivity index (χ4v) is 2.50. The van der Waals surface area contributed by atoms with Crippen LogP contribution in [0.25, 0.3) is 11.0 Å². The minimum Gasteiger partial charge on any atom is -0.496 e. The minimum atomic E-state index is 0.368. The molecule has 0 aliphatic rings. The molecule has 1 heterocycles. The minimum absolute atomic E-state index is 0.368. The van der Waals surface area contributed by atoms with Gasteiger partial charge in [0.2, 0.25) is 0 Å². The van der Waals surface area contributed by atoms with E-state index in [2.05, 4.69) is 26.1 Å². The summed E-state index contributed by atoms with van der Waals surface area (Å²) in [5.74, 6) is 2.89. The van der Waals surface area contributed by atoms with Gasteiger partial charge >= 0.3 is 0 Å². The number of furan rings is 1. The third kappa shape index (κ3) is 2.61. The summed E-state index contributed by atoms with van der Waals surface area (Å²) in [6, 6.07) is 3.82. The van der Waals surface area contributed by atoms with Crippen molar-refractivity contribution in [3.63, 3.8) is 0 Å². The van der Waals surface area contributed by atoms with Gasteiger partial charge in [0.05, 0.1) is 26.2 Å². The Bertz CT molecular complexity index is 587. The van der Waals surface area contributed by atoms with E-state index in [9.17, 15) is 0 Å². The number of hydrogen-bond donors (Lipinski definition) is 1. The molecule has 0 radical (unpaired) electrons. The van der Waals surface area contributed by atoms with Gasteiger partial charge in [0.25, 0.3) is 0 Å². The van der Waals surface area contributed by atoms with E-state index in [0.29, 0.717) is 5.92 Å². The molecule has 0 bridgehead atoms. The number of benzene rings is 1. The zero-order chi connectivity index (χ0) is 14.7. The molecule has 0 aliphatic heterocycles. The van der Waals surface area contributed by atoms with Crippen LogP contribution >= 0.6 is 0 Å². The lowest BCUT2D eigenvalue weighted by atomic mass is 9.98. The number of nitrogens with one attached hydrogen (secondary N) is 1. The van der Waals surface area contributed by atoms with Crippen LogP contribution in [0.1, 0.15) is 38.0 Å². The predicted octanol–water partition coefficient (Wildman–Crippen LogP) is 3.68. The standard InChI is InChI=1S/C16H23NO3/c1-6-17-9-14-15(10(2)3)16-12(19-5)7-11(18-4)8-13(16)20-14/h7-8,10,17H,6,9H2,1-5H3. The summed E-state index contributed by atoms with van der Waals surface area (Å²) >= 11 is 0. The van der Waals surface area contributed by atoms with Crippen LogP contribution in [0.3, 0.4) is 0 Å². The highest BCUT2D eigenvalue weighted by molar-refractivity contribution is 5.90. The van der Waals surface area contributed by atoms with Crippen molar-refractivity contribution in [1.82, 2.24) is 5.32 Å². The number of ether oxygens (including phenoxy) is 2. The van der Waals surface area contributed by atoms with E-state index in [-0.39, 0.29) is 0 Å². The van der Waals surface area contributed by atoms with E-state index in [1.165, 1.54) is 5.56 Å². The van der Waals surface area contributed by atoms with Gasteiger partial charge in [-0.15, -0.1) is 0 Å². The number of rotatable bonds is 6. The second-order valence-electron chi connectivity index (χ2n) is 5.08. The molecule has 0 saturated heterocycles. The Morgan fingerprint density at radius 2 is 1.95 bits per heavy atom. The zero-order valence-corrected chi connectivity index (χ0v) is 12.9. The van der Waals surface area contributed by atoms with Crippen molar-refractivity contribution in [2.75, 3.05) is 20.8 Å². The maximum absolute atomic E-state index is 6.03. The lowest BCUT2D eigenvalue weighted by molar-refractivity contribution is 0.396. The molecule has 0 spiro atoms. The molecule has 110 valence electrons. The third-order valence-corrected chi connectivity index (χ3v) is 3.41. The Labute approximate surface area is 120 Å². The first-order valence-electron chi connectivity index (χ1n) is 7.00. The molecule has 4 heteroatoms. The van der Waals surface area contributed by atoms with Gasteiger partial charge in [-0.05, 0) is 12.5 Å². The first-order valence-corrected chi connectivity index (χ1v) is 7.00. The number of hydrogen-bond acceptors (Lipinski definition) is 4. The van der Waals surface area contributed by atoms with Gasteiger partial charge in [-0.2, -0.15) is 0 Å². The van der Waals surface area contributed by atoms with Crippen LogP contribution in [0.2, 0.25) is 0 Å². The maximum atomic E-state index is 6.03. The summed E-state index contributed by atoms with van der Waals surface area (Å²) in [6.45, 7) is 8.06. The molecule has 4 nitrogen and oxygen atoms in total.